The van der Waals surface area contributed by atoms with E-state index in [-0.39, 0.29) is 11.0 Å². The first-order valence-electron chi connectivity index (χ1n) is 7.96. The second-order valence-corrected chi connectivity index (χ2v) is 8.14. The largest absolute Gasteiger partial charge is 0.418 e. The van der Waals surface area contributed by atoms with Crippen LogP contribution in [0.4, 0.5) is 28.9 Å². The van der Waals surface area contributed by atoms with Gasteiger partial charge in [0.15, 0.2) is 9.84 Å². The van der Waals surface area contributed by atoms with Crippen LogP contribution in [-0.4, -0.2) is 25.0 Å². The Labute approximate surface area is 162 Å². The maximum Gasteiger partial charge on any atom is 0.418 e. The standard InChI is InChI=1S/C17H14F4N2O5S/c1-10(9-29(27,28)13-5-2-11(18)3-6-13)16(24)22-15-7-4-12(23(25)26)8-14(15)17(19,20)21/h2-8,10H,9H2,1H3,(H,22,24). The van der Waals surface area contributed by atoms with Gasteiger partial charge in [-0.25, -0.2) is 12.8 Å². The second kappa shape index (κ2) is 8.15. The zero-order chi connectivity index (χ0) is 22.0. The highest BCUT2D eigenvalue weighted by atomic mass is 32.2. The molecule has 0 heterocycles. The highest BCUT2D eigenvalue weighted by Crippen LogP contribution is 2.37. The van der Waals surface area contributed by atoms with Crippen molar-refractivity contribution < 1.29 is 35.7 Å². The molecule has 7 nitrogen and oxygen atoms in total. The average Bonchev–Trinajstić information content (AvgIpc) is 2.60. The van der Waals surface area contributed by atoms with E-state index in [0.29, 0.717) is 0 Å². The molecule has 0 aliphatic heterocycles. The van der Waals surface area contributed by atoms with Crippen LogP contribution in [0.5, 0.6) is 0 Å². The van der Waals surface area contributed by atoms with Crippen LogP contribution in [-0.2, 0) is 20.8 Å². The summed E-state index contributed by atoms with van der Waals surface area (Å²) in [5, 5.41) is 12.7. The molecule has 0 aromatic heterocycles. The van der Waals surface area contributed by atoms with E-state index in [1.54, 1.807) is 0 Å². The van der Waals surface area contributed by atoms with Crippen LogP contribution in [0.25, 0.3) is 0 Å². The first-order valence-corrected chi connectivity index (χ1v) is 9.61. The molecule has 0 saturated carbocycles. The molecular weight excluding hydrogens is 420 g/mol. The Balaban J connectivity index is 2.23. The number of nitro benzene ring substituents is 1. The molecule has 2 aromatic rings. The number of carbonyl (C=O) groups is 1. The van der Waals surface area contributed by atoms with Crippen LogP contribution < -0.4 is 5.32 Å². The Hall–Kier alpha value is -3.02. The Morgan fingerprint density at radius 1 is 1.17 bits per heavy atom. The van der Waals surface area contributed by atoms with Gasteiger partial charge in [0.2, 0.25) is 5.91 Å². The minimum absolute atomic E-state index is 0.245. The molecule has 1 amide bonds. The van der Waals surface area contributed by atoms with E-state index < -0.39 is 61.3 Å². The fourth-order valence-corrected chi connectivity index (χ4v) is 3.94. The summed E-state index contributed by atoms with van der Waals surface area (Å²) in [7, 11) is -4.01. The lowest BCUT2D eigenvalue weighted by atomic mass is 10.1. The number of benzene rings is 2. The summed E-state index contributed by atoms with van der Waals surface area (Å²) in [5.74, 6) is -3.69. The van der Waals surface area contributed by atoms with Crippen molar-refractivity contribution in [1.82, 2.24) is 0 Å². The summed E-state index contributed by atoms with van der Waals surface area (Å²) >= 11 is 0. The van der Waals surface area contributed by atoms with Crippen molar-refractivity contribution in [2.45, 2.75) is 18.0 Å². The van der Waals surface area contributed by atoms with Crippen LogP contribution in [0.15, 0.2) is 47.4 Å². The van der Waals surface area contributed by atoms with Crippen molar-refractivity contribution >= 4 is 27.1 Å². The third kappa shape index (κ3) is 5.50. The maximum atomic E-state index is 13.2. The molecule has 0 saturated heterocycles. The molecule has 2 aromatic carbocycles. The molecule has 0 fully saturated rings. The number of halogens is 4. The van der Waals surface area contributed by atoms with Crippen LogP contribution in [0, 0.1) is 21.8 Å². The number of rotatable bonds is 6. The molecule has 0 radical (unpaired) electrons. The van der Waals surface area contributed by atoms with E-state index in [4.69, 9.17) is 0 Å². The number of non-ortho nitro benzene ring substituents is 1. The van der Waals surface area contributed by atoms with Crippen LogP contribution in [0.1, 0.15) is 12.5 Å². The Morgan fingerprint density at radius 2 is 1.76 bits per heavy atom. The molecule has 0 aliphatic carbocycles. The van der Waals surface area contributed by atoms with Gasteiger partial charge in [0, 0.05) is 18.1 Å². The van der Waals surface area contributed by atoms with Crippen LogP contribution >= 0.6 is 0 Å². The van der Waals surface area contributed by atoms with Crippen molar-refractivity contribution in [1.29, 1.82) is 0 Å². The lowest BCUT2D eigenvalue weighted by Crippen LogP contribution is -2.28. The number of hydrogen-bond acceptors (Lipinski definition) is 5. The fourth-order valence-electron chi connectivity index (χ4n) is 2.39. The Morgan fingerprint density at radius 3 is 2.28 bits per heavy atom. The van der Waals surface area contributed by atoms with E-state index in [2.05, 4.69) is 0 Å². The molecule has 0 spiro atoms. The van der Waals surface area contributed by atoms with Gasteiger partial charge in [-0.15, -0.1) is 0 Å². The van der Waals surface area contributed by atoms with Crippen LogP contribution in [0.3, 0.4) is 0 Å². The minimum atomic E-state index is -4.99. The summed E-state index contributed by atoms with van der Waals surface area (Å²) in [6, 6.07) is 5.63. The molecule has 156 valence electrons. The van der Waals surface area contributed by atoms with Crippen molar-refractivity contribution in [2.24, 2.45) is 5.92 Å². The molecule has 12 heteroatoms. The van der Waals surface area contributed by atoms with Gasteiger partial charge in [0.1, 0.15) is 5.82 Å². The lowest BCUT2D eigenvalue weighted by Gasteiger charge is -2.16. The van der Waals surface area contributed by atoms with E-state index >= 15 is 0 Å². The van der Waals surface area contributed by atoms with Crippen LogP contribution in [0.2, 0.25) is 0 Å². The molecular formula is C17H14F4N2O5S. The monoisotopic (exact) mass is 434 g/mol. The quantitative estimate of drug-likeness (QED) is 0.322. The summed E-state index contributed by atoms with van der Waals surface area (Å²) < 4.78 is 77.0. The number of amides is 1. The van der Waals surface area contributed by atoms with Gasteiger partial charge in [-0.3, -0.25) is 14.9 Å². The lowest BCUT2D eigenvalue weighted by molar-refractivity contribution is -0.385. The minimum Gasteiger partial charge on any atom is -0.325 e. The number of nitrogens with zero attached hydrogens (tertiary/aromatic N) is 1. The maximum absolute atomic E-state index is 13.2. The Bertz CT molecular complexity index is 1040. The van der Waals surface area contributed by atoms with Gasteiger partial charge < -0.3 is 5.32 Å². The number of nitrogens with one attached hydrogen (secondary N) is 1. The number of alkyl halides is 3. The second-order valence-electron chi connectivity index (χ2n) is 6.11. The normalized spacial score (nSPS) is 13.0. The zero-order valence-corrected chi connectivity index (χ0v) is 15.6. The van der Waals surface area contributed by atoms with Crippen molar-refractivity contribution in [3.63, 3.8) is 0 Å². The van der Waals surface area contributed by atoms with Gasteiger partial charge in [-0.2, -0.15) is 13.2 Å². The third-order valence-electron chi connectivity index (χ3n) is 3.87. The van der Waals surface area contributed by atoms with Gasteiger partial charge in [-0.05, 0) is 30.3 Å². The Kier molecular flexibility index (Phi) is 6.26. The van der Waals surface area contributed by atoms with E-state index in [0.717, 1.165) is 36.4 Å². The van der Waals surface area contributed by atoms with E-state index in [1.165, 1.54) is 6.92 Å². The van der Waals surface area contributed by atoms with Crippen molar-refractivity contribution in [2.75, 3.05) is 11.1 Å². The van der Waals surface area contributed by atoms with E-state index in [9.17, 15) is 40.9 Å². The predicted molar refractivity (Wildman–Crippen MR) is 94.3 cm³/mol. The van der Waals surface area contributed by atoms with Gasteiger partial charge in [0.05, 0.1) is 26.8 Å². The molecule has 0 bridgehead atoms. The SMILES string of the molecule is CC(CS(=O)(=O)c1ccc(F)cc1)C(=O)Nc1ccc([N+](=O)[O-])cc1C(F)(F)F. The van der Waals surface area contributed by atoms with Crippen molar-refractivity contribution in [3.05, 3.63) is 64.0 Å². The molecule has 1 unspecified atom stereocenters. The summed E-state index contributed by atoms with van der Waals surface area (Å²) in [6.07, 6.45) is -4.99. The number of nitro groups is 1. The third-order valence-corrected chi connectivity index (χ3v) is 5.80. The highest BCUT2D eigenvalue weighted by Gasteiger charge is 2.36. The first-order chi connectivity index (χ1) is 13.3. The fraction of sp³-hybridized carbons (Fsp3) is 0.235. The summed E-state index contributed by atoms with van der Waals surface area (Å²) in [6.45, 7) is 1.19. The zero-order valence-electron chi connectivity index (χ0n) is 14.7. The van der Waals surface area contributed by atoms with Gasteiger partial charge in [0.25, 0.3) is 5.69 Å². The first kappa shape index (κ1) is 22.3. The highest BCUT2D eigenvalue weighted by molar-refractivity contribution is 7.91. The van der Waals surface area contributed by atoms with E-state index in [1.807, 2.05) is 5.32 Å². The van der Waals surface area contributed by atoms with Gasteiger partial charge in [-0.1, -0.05) is 6.92 Å². The van der Waals surface area contributed by atoms with Gasteiger partial charge >= 0.3 is 6.18 Å². The molecule has 29 heavy (non-hydrogen) atoms. The molecule has 1 atom stereocenters. The molecule has 0 aliphatic rings. The summed E-state index contributed by atoms with van der Waals surface area (Å²) in [5.41, 5.74) is -2.99. The molecule has 2 rings (SSSR count). The average molecular weight is 434 g/mol. The number of anilines is 1. The summed E-state index contributed by atoms with van der Waals surface area (Å²) in [4.78, 5) is 21.7. The van der Waals surface area contributed by atoms with Crippen molar-refractivity contribution in [3.8, 4) is 0 Å². The number of hydrogen-bond donors (Lipinski definition) is 1. The smallest absolute Gasteiger partial charge is 0.325 e. The predicted octanol–water partition coefficient (Wildman–Crippen LogP) is 3.80. The topological polar surface area (TPSA) is 106 Å². The number of carbonyl (C=O) groups excluding carboxylic acids is 1. The number of sulfone groups is 1. The molecule has 1 N–H and O–H groups in total.